The summed E-state index contributed by atoms with van der Waals surface area (Å²) in [4.78, 5) is 1.94. The van der Waals surface area contributed by atoms with Gasteiger partial charge in [0, 0.05) is 12.1 Å². The molecule has 1 aromatic rings. The quantitative estimate of drug-likeness (QED) is 0.819. The molecule has 0 radical (unpaired) electrons. The number of hydrogen-bond acceptors (Lipinski definition) is 3. The third kappa shape index (κ3) is 2.67. The highest BCUT2D eigenvalue weighted by Crippen LogP contribution is 2.27. The number of benzene rings is 1. The van der Waals surface area contributed by atoms with E-state index < -0.39 is 0 Å². The van der Waals surface area contributed by atoms with Crippen LogP contribution in [0.15, 0.2) is 18.2 Å². The lowest BCUT2D eigenvalue weighted by atomic mass is 10.0. The van der Waals surface area contributed by atoms with E-state index in [2.05, 4.69) is 0 Å². The van der Waals surface area contributed by atoms with Crippen molar-refractivity contribution in [2.24, 2.45) is 5.73 Å². The molecule has 4 heteroatoms. The summed E-state index contributed by atoms with van der Waals surface area (Å²) in [6.07, 6.45) is 0. The fourth-order valence-electron chi connectivity index (χ4n) is 1.58. The van der Waals surface area contributed by atoms with Crippen molar-refractivity contribution in [1.82, 2.24) is 4.90 Å². The van der Waals surface area contributed by atoms with E-state index in [4.69, 9.17) is 10.5 Å². The first-order valence-corrected chi connectivity index (χ1v) is 4.80. The summed E-state index contributed by atoms with van der Waals surface area (Å²) in [5.74, 6) is 0.395. The van der Waals surface area contributed by atoms with E-state index in [1.165, 1.54) is 12.1 Å². The van der Waals surface area contributed by atoms with Crippen molar-refractivity contribution < 1.29 is 9.13 Å². The van der Waals surface area contributed by atoms with Crippen molar-refractivity contribution in [1.29, 1.82) is 0 Å². The average molecular weight is 212 g/mol. The van der Waals surface area contributed by atoms with Gasteiger partial charge in [-0.3, -0.25) is 0 Å². The van der Waals surface area contributed by atoms with Gasteiger partial charge < -0.3 is 15.4 Å². The fourth-order valence-corrected chi connectivity index (χ4v) is 1.58. The van der Waals surface area contributed by atoms with E-state index in [1.807, 2.05) is 19.0 Å². The Bertz CT molecular complexity index is 328. The molecule has 0 bridgehead atoms. The number of halogens is 1. The van der Waals surface area contributed by atoms with Gasteiger partial charge in [-0.15, -0.1) is 0 Å². The van der Waals surface area contributed by atoms with Crippen LogP contribution >= 0.6 is 0 Å². The highest BCUT2D eigenvalue weighted by atomic mass is 19.1. The van der Waals surface area contributed by atoms with E-state index in [-0.39, 0.29) is 11.9 Å². The minimum absolute atomic E-state index is 0.0318. The molecule has 0 heterocycles. The van der Waals surface area contributed by atoms with Gasteiger partial charge in [0.05, 0.1) is 13.2 Å². The Hall–Kier alpha value is -1.13. The Morgan fingerprint density at radius 2 is 2.13 bits per heavy atom. The molecule has 0 saturated carbocycles. The zero-order valence-corrected chi connectivity index (χ0v) is 9.33. The molecule has 1 aromatic carbocycles. The molecule has 0 aliphatic heterocycles. The molecule has 1 rings (SSSR count). The molecule has 84 valence electrons. The predicted octanol–water partition coefficient (Wildman–Crippen LogP) is 1.40. The third-order valence-corrected chi connectivity index (χ3v) is 2.40. The topological polar surface area (TPSA) is 38.5 Å². The number of likely N-dealkylation sites (N-methyl/N-ethyl adjacent to an activating group) is 1. The number of nitrogens with two attached hydrogens (primary N) is 1. The van der Waals surface area contributed by atoms with Crippen molar-refractivity contribution in [2.45, 2.75) is 6.04 Å². The van der Waals surface area contributed by atoms with E-state index >= 15 is 0 Å². The first-order chi connectivity index (χ1) is 7.10. The summed E-state index contributed by atoms with van der Waals surface area (Å²) < 4.78 is 18.3. The Morgan fingerprint density at radius 1 is 1.47 bits per heavy atom. The molecule has 0 aliphatic carbocycles. The molecule has 1 atom stereocenters. The maximum Gasteiger partial charge on any atom is 0.123 e. The average Bonchev–Trinajstić information content (AvgIpc) is 2.18. The molecule has 3 nitrogen and oxygen atoms in total. The predicted molar refractivity (Wildman–Crippen MR) is 58.4 cm³/mol. The van der Waals surface area contributed by atoms with Crippen LogP contribution in [-0.2, 0) is 0 Å². The van der Waals surface area contributed by atoms with Crippen LogP contribution < -0.4 is 10.5 Å². The number of methoxy groups -OCH3 is 1. The molecule has 1 unspecified atom stereocenters. The van der Waals surface area contributed by atoms with Crippen LogP contribution in [0.4, 0.5) is 4.39 Å². The zero-order valence-electron chi connectivity index (χ0n) is 9.33. The molecule has 0 aliphatic rings. The first kappa shape index (κ1) is 11.9. The molecule has 0 fully saturated rings. The SMILES string of the molecule is COc1ccc(F)cc1C(CN)N(C)C. The van der Waals surface area contributed by atoms with Crippen molar-refractivity contribution in [3.63, 3.8) is 0 Å². The largest absolute Gasteiger partial charge is 0.496 e. The van der Waals surface area contributed by atoms with E-state index in [1.54, 1.807) is 13.2 Å². The maximum absolute atomic E-state index is 13.1. The second-order valence-corrected chi connectivity index (χ2v) is 3.60. The van der Waals surface area contributed by atoms with Gasteiger partial charge in [-0.25, -0.2) is 4.39 Å². The van der Waals surface area contributed by atoms with Crippen LogP contribution in [-0.4, -0.2) is 32.6 Å². The summed E-state index contributed by atoms with van der Waals surface area (Å²) in [5.41, 5.74) is 6.44. The molecular formula is C11H17FN2O. The molecule has 0 aromatic heterocycles. The Balaban J connectivity index is 3.13. The van der Waals surface area contributed by atoms with Crippen LogP contribution in [0.5, 0.6) is 5.75 Å². The number of rotatable bonds is 4. The minimum atomic E-state index is -0.272. The normalized spacial score (nSPS) is 12.9. The van der Waals surface area contributed by atoms with Crippen molar-refractivity contribution in [2.75, 3.05) is 27.7 Å². The number of nitrogens with zero attached hydrogens (tertiary/aromatic N) is 1. The second kappa shape index (κ2) is 5.09. The Kier molecular flexibility index (Phi) is 4.05. The van der Waals surface area contributed by atoms with Crippen LogP contribution in [0.2, 0.25) is 0 Å². The molecular weight excluding hydrogens is 195 g/mol. The molecule has 0 saturated heterocycles. The summed E-state index contributed by atoms with van der Waals surface area (Å²) in [5, 5.41) is 0. The molecule has 0 amide bonds. The summed E-state index contributed by atoms with van der Waals surface area (Å²) in [6.45, 7) is 0.423. The van der Waals surface area contributed by atoms with Crippen LogP contribution in [0.25, 0.3) is 0 Å². The van der Waals surface area contributed by atoms with Gasteiger partial charge >= 0.3 is 0 Å². The summed E-state index contributed by atoms with van der Waals surface area (Å²) in [7, 11) is 5.38. The van der Waals surface area contributed by atoms with Gasteiger partial charge in [-0.05, 0) is 32.3 Å². The third-order valence-electron chi connectivity index (χ3n) is 2.40. The van der Waals surface area contributed by atoms with Crippen molar-refractivity contribution in [3.05, 3.63) is 29.6 Å². The lowest BCUT2D eigenvalue weighted by molar-refractivity contribution is 0.294. The lowest BCUT2D eigenvalue weighted by Crippen LogP contribution is -2.27. The van der Waals surface area contributed by atoms with Crippen LogP contribution in [0.1, 0.15) is 11.6 Å². The minimum Gasteiger partial charge on any atom is -0.496 e. The number of ether oxygens (including phenoxy) is 1. The molecule has 2 N–H and O–H groups in total. The number of hydrogen-bond donors (Lipinski definition) is 1. The molecule has 15 heavy (non-hydrogen) atoms. The van der Waals surface area contributed by atoms with E-state index in [0.717, 1.165) is 5.56 Å². The van der Waals surface area contributed by atoms with Gasteiger partial charge in [-0.2, -0.15) is 0 Å². The standard InChI is InChI=1S/C11H17FN2O/c1-14(2)10(7-13)9-6-8(12)4-5-11(9)15-3/h4-6,10H,7,13H2,1-3H3. The highest BCUT2D eigenvalue weighted by Gasteiger charge is 2.17. The highest BCUT2D eigenvalue weighted by molar-refractivity contribution is 5.36. The van der Waals surface area contributed by atoms with Crippen molar-refractivity contribution in [3.8, 4) is 5.75 Å². The van der Waals surface area contributed by atoms with Gasteiger partial charge in [0.15, 0.2) is 0 Å². The fraction of sp³-hybridized carbons (Fsp3) is 0.455. The van der Waals surface area contributed by atoms with Crippen LogP contribution in [0.3, 0.4) is 0 Å². The Morgan fingerprint density at radius 3 is 2.60 bits per heavy atom. The van der Waals surface area contributed by atoms with E-state index in [0.29, 0.717) is 12.3 Å². The first-order valence-electron chi connectivity index (χ1n) is 4.80. The zero-order chi connectivity index (χ0) is 11.4. The van der Waals surface area contributed by atoms with Gasteiger partial charge in [0.1, 0.15) is 11.6 Å². The summed E-state index contributed by atoms with van der Waals surface area (Å²) in [6, 6.07) is 4.44. The van der Waals surface area contributed by atoms with Gasteiger partial charge in [0.2, 0.25) is 0 Å². The van der Waals surface area contributed by atoms with Crippen LogP contribution in [0, 0.1) is 5.82 Å². The smallest absolute Gasteiger partial charge is 0.123 e. The monoisotopic (exact) mass is 212 g/mol. The van der Waals surface area contributed by atoms with E-state index in [9.17, 15) is 4.39 Å². The second-order valence-electron chi connectivity index (χ2n) is 3.60. The van der Waals surface area contributed by atoms with Gasteiger partial charge in [0.25, 0.3) is 0 Å². The van der Waals surface area contributed by atoms with Crippen molar-refractivity contribution >= 4 is 0 Å². The molecule has 0 spiro atoms. The van der Waals surface area contributed by atoms with Gasteiger partial charge in [-0.1, -0.05) is 0 Å². The Labute approximate surface area is 89.6 Å². The lowest BCUT2D eigenvalue weighted by Gasteiger charge is -2.24. The summed E-state index contributed by atoms with van der Waals surface area (Å²) >= 11 is 0. The maximum atomic E-state index is 13.1.